The van der Waals surface area contributed by atoms with Crippen molar-refractivity contribution in [3.8, 4) is 0 Å². The molecule has 0 fully saturated rings. The summed E-state index contributed by atoms with van der Waals surface area (Å²) < 4.78 is 0. The fourth-order valence-electron chi connectivity index (χ4n) is 0.637. The van der Waals surface area contributed by atoms with Crippen molar-refractivity contribution >= 4 is 12.4 Å². The van der Waals surface area contributed by atoms with Gasteiger partial charge in [0.05, 0.1) is 11.4 Å². The summed E-state index contributed by atoms with van der Waals surface area (Å²) >= 11 is 0. The molecule has 0 aliphatic rings. The highest BCUT2D eigenvalue weighted by atomic mass is 35.5. The lowest BCUT2D eigenvalue weighted by atomic mass is 10.3. The fraction of sp³-hybridized carbons (Fsp3) is 0.333. The van der Waals surface area contributed by atoms with E-state index in [0.29, 0.717) is 6.54 Å². The minimum atomic E-state index is 0. The highest BCUT2D eigenvalue weighted by Gasteiger charge is 1.93. The van der Waals surface area contributed by atoms with Gasteiger partial charge in [-0.3, -0.25) is 9.97 Å². The number of aryl methyl sites for hydroxylation is 1. The zero-order chi connectivity index (χ0) is 6.69. The van der Waals surface area contributed by atoms with Crippen molar-refractivity contribution in [2.45, 2.75) is 13.5 Å². The van der Waals surface area contributed by atoms with Gasteiger partial charge in [-0.2, -0.15) is 0 Å². The Labute approximate surface area is 66.1 Å². The molecule has 1 aromatic heterocycles. The van der Waals surface area contributed by atoms with E-state index in [0.717, 1.165) is 11.4 Å². The average molecular weight is 160 g/mol. The maximum absolute atomic E-state index is 5.35. The number of aromatic nitrogens is 2. The summed E-state index contributed by atoms with van der Waals surface area (Å²) in [5.41, 5.74) is 7.14. The van der Waals surface area contributed by atoms with Crippen LogP contribution < -0.4 is 5.73 Å². The first-order chi connectivity index (χ1) is 4.34. The second-order valence-electron chi connectivity index (χ2n) is 1.79. The van der Waals surface area contributed by atoms with E-state index in [-0.39, 0.29) is 12.4 Å². The molecule has 0 saturated heterocycles. The summed E-state index contributed by atoms with van der Waals surface area (Å²) in [6, 6.07) is 0. The summed E-state index contributed by atoms with van der Waals surface area (Å²) in [5.74, 6) is 0. The lowest BCUT2D eigenvalue weighted by Crippen LogP contribution is -2.02. The van der Waals surface area contributed by atoms with Gasteiger partial charge in [-0.25, -0.2) is 0 Å². The van der Waals surface area contributed by atoms with E-state index in [1.165, 1.54) is 0 Å². The molecule has 2 N–H and O–H groups in total. The van der Waals surface area contributed by atoms with Crippen molar-refractivity contribution in [1.29, 1.82) is 0 Å². The zero-order valence-corrected chi connectivity index (χ0v) is 6.56. The molecular weight excluding hydrogens is 150 g/mol. The summed E-state index contributed by atoms with van der Waals surface area (Å²) in [4.78, 5) is 8.02. The zero-order valence-electron chi connectivity index (χ0n) is 5.74. The SMILES string of the molecule is Cc1nccnc1CN.Cl. The van der Waals surface area contributed by atoms with Gasteiger partial charge in [0.1, 0.15) is 0 Å². The van der Waals surface area contributed by atoms with Crippen molar-refractivity contribution in [3.05, 3.63) is 23.8 Å². The average Bonchev–Trinajstić information content (AvgIpc) is 1.89. The van der Waals surface area contributed by atoms with E-state index in [9.17, 15) is 0 Å². The second kappa shape index (κ2) is 4.19. The predicted octanol–water partition coefficient (Wildman–Crippen LogP) is 0.666. The van der Waals surface area contributed by atoms with Crippen molar-refractivity contribution < 1.29 is 0 Å². The maximum atomic E-state index is 5.35. The molecular formula is C6H10ClN3. The highest BCUT2D eigenvalue weighted by Crippen LogP contribution is 1.95. The van der Waals surface area contributed by atoms with Gasteiger partial charge in [0, 0.05) is 18.9 Å². The fourth-order valence-corrected chi connectivity index (χ4v) is 0.637. The maximum Gasteiger partial charge on any atom is 0.0751 e. The summed E-state index contributed by atoms with van der Waals surface area (Å²) in [5, 5.41) is 0. The monoisotopic (exact) mass is 159 g/mol. The lowest BCUT2D eigenvalue weighted by molar-refractivity contribution is 0.929. The standard InChI is InChI=1S/C6H9N3.ClH/c1-5-6(4-7)9-3-2-8-5;/h2-3H,4,7H2,1H3;1H. The van der Waals surface area contributed by atoms with Crippen LogP contribution in [0.2, 0.25) is 0 Å². The Morgan fingerprint density at radius 3 is 2.40 bits per heavy atom. The van der Waals surface area contributed by atoms with Gasteiger partial charge >= 0.3 is 0 Å². The van der Waals surface area contributed by atoms with E-state index in [4.69, 9.17) is 5.73 Å². The third-order valence-electron chi connectivity index (χ3n) is 1.18. The minimum Gasteiger partial charge on any atom is -0.325 e. The first-order valence-electron chi connectivity index (χ1n) is 2.81. The van der Waals surface area contributed by atoms with E-state index >= 15 is 0 Å². The summed E-state index contributed by atoms with van der Waals surface area (Å²) in [6.45, 7) is 2.37. The van der Waals surface area contributed by atoms with Crippen molar-refractivity contribution in [2.24, 2.45) is 5.73 Å². The largest absolute Gasteiger partial charge is 0.325 e. The quantitative estimate of drug-likeness (QED) is 0.655. The first-order valence-corrected chi connectivity index (χ1v) is 2.81. The molecule has 3 nitrogen and oxygen atoms in total. The second-order valence-corrected chi connectivity index (χ2v) is 1.79. The lowest BCUT2D eigenvalue weighted by Gasteiger charge is -1.96. The van der Waals surface area contributed by atoms with Crippen LogP contribution in [0.5, 0.6) is 0 Å². The number of nitrogens with two attached hydrogens (primary N) is 1. The Hall–Kier alpha value is -0.670. The Morgan fingerprint density at radius 1 is 1.40 bits per heavy atom. The normalized spacial score (nSPS) is 8.60. The van der Waals surface area contributed by atoms with Crippen LogP contribution in [0.15, 0.2) is 12.4 Å². The van der Waals surface area contributed by atoms with Gasteiger partial charge in [0.15, 0.2) is 0 Å². The van der Waals surface area contributed by atoms with Crippen LogP contribution in [0, 0.1) is 6.92 Å². The van der Waals surface area contributed by atoms with Crippen molar-refractivity contribution in [3.63, 3.8) is 0 Å². The van der Waals surface area contributed by atoms with Crippen LogP contribution in [0.3, 0.4) is 0 Å². The first kappa shape index (κ1) is 9.33. The van der Waals surface area contributed by atoms with Gasteiger partial charge in [0.2, 0.25) is 0 Å². The number of rotatable bonds is 1. The molecule has 56 valence electrons. The van der Waals surface area contributed by atoms with Crippen LogP contribution >= 0.6 is 12.4 Å². The molecule has 0 amide bonds. The van der Waals surface area contributed by atoms with Crippen LogP contribution in [-0.4, -0.2) is 9.97 Å². The Kier molecular flexibility index (Phi) is 3.91. The van der Waals surface area contributed by atoms with Crippen molar-refractivity contribution in [1.82, 2.24) is 9.97 Å². The molecule has 0 unspecified atom stereocenters. The molecule has 1 heterocycles. The van der Waals surface area contributed by atoms with Crippen LogP contribution in [0.25, 0.3) is 0 Å². The van der Waals surface area contributed by atoms with Gasteiger partial charge in [-0.15, -0.1) is 12.4 Å². The van der Waals surface area contributed by atoms with Crippen LogP contribution in [-0.2, 0) is 6.54 Å². The summed E-state index contributed by atoms with van der Waals surface area (Å²) in [6.07, 6.45) is 3.31. The van der Waals surface area contributed by atoms with E-state index in [1.807, 2.05) is 6.92 Å². The molecule has 1 aromatic rings. The molecule has 0 spiro atoms. The molecule has 0 radical (unpaired) electrons. The van der Waals surface area contributed by atoms with Gasteiger partial charge in [0.25, 0.3) is 0 Å². The molecule has 0 aliphatic carbocycles. The molecule has 0 atom stereocenters. The van der Waals surface area contributed by atoms with E-state index in [2.05, 4.69) is 9.97 Å². The molecule has 1 rings (SSSR count). The third kappa shape index (κ3) is 1.93. The van der Waals surface area contributed by atoms with E-state index in [1.54, 1.807) is 12.4 Å². The molecule has 0 aromatic carbocycles. The molecule has 0 saturated carbocycles. The van der Waals surface area contributed by atoms with Gasteiger partial charge in [-0.05, 0) is 6.92 Å². The van der Waals surface area contributed by atoms with Gasteiger partial charge in [-0.1, -0.05) is 0 Å². The molecule has 10 heavy (non-hydrogen) atoms. The van der Waals surface area contributed by atoms with Crippen molar-refractivity contribution in [2.75, 3.05) is 0 Å². The molecule has 0 bridgehead atoms. The van der Waals surface area contributed by atoms with Crippen LogP contribution in [0.4, 0.5) is 0 Å². The summed E-state index contributed by atoms with van der Waals surface area (Å²) in [7, 11) is 0. The highest BCUT2D eigenvalue weighted by molar-refractivity contribution is 5.85. The van der Waals surface area contributed by atoms with E-state index < -0.39 is 0 Å². The topological polar surface area (TPSA) is 51.8 Å². The predicted molar refractivity (Wildman–Crippen MR) is 41.9 cm³/mol. The number of hydrogen-bond acceptors (Lipinski definition) is 3. The number of halogens is 1. The third-order valence-corrected chi connectivity index (χ3v) is 1.18. The number of hydrogen-bond donors (Lipinski definition) is 1. The Bertz CT molecular complexity index is 202. The van der Waals surface area contributed by atoms with Crippen LogP contribution in [0.1, 0.15) is 11.4 Å². The van der Waals surface area contributed by atoms with Gasteiger partial charge < -0.3 is 5.73 Å². The smallest absolute Gasteiger partial charge is 0.0751 e. The number of nitrogens with zero attached hydrogens (tertiary/aromatic N) is 2. The minimum absolute atomic E-state index is 0. The molecule has 0 aliphatic heterocycles. The molecule has 4 heteroatoms. The Balaban J connectivity index is 0.000000810. The Morgan fingerprint density at radius 2 is 2.00 bits per heavy atom.